The minimum atomic E-state index is 0. The molecule has 7 rings (SSSR count). The van der Waals surface area contributed by atoms with Crippen molar-refractivity contribution in [2.75, 3.05) is 13.2 Å². The van der Waals surface area contributed by atoms with Gasteiger partial charge in [0, 0.05) is 89.6 Å². The molecule has 0 bridgehead atoms. The van der Waals surface area contributed by atoms with E-state index in [9.17, 15) is 0 Å². The summed E-state index contributed by atoms with van der Waals surface area (Å²) in [5, 5.41) is 0. The molecule has 0 N–H and O–H groups in total. The molecule has 2 heteroatoms. The Hall–Kier alpha value is -0.249. The predicted octanol–water partition coefficient (Wildman–Crippen LogP) is 6.46. The Bertz CT molecular complexity index is 571. The first-order valence-electron chi connectivity index (χ1n) is 11.3. The van der Waals surface area contributed by atoms with Crippen LogP contribution in [0.15, 0.2) is 72.9 Å². The van der Waals surface area contributed by atoms with Crippen molar-refractivity contribution in [2.45, 2.75) is 12.8 Å². The molecule has 4 fully saturated rings. The molecule has 15 radical (unpaired) electrons. The van der Waals surface area contributed by atoms with Crippen LogP contribution in [0.25, 0.3) is 0 Å². The van der Waals surface area contributed by atoms with Gasteiger partial charge in [-0.05, 0) is 70.6 Å². The second kappa shape index (κ2) is 15.7. The number of fused-ring (bicyclic) bond motifs is 3. The predicted molar refractivity (Wildman–Crippen MR) is 133 cm³/mol. The molecule has 0 atom stereocenters. The number of rotatable bonds is 0. The molecule has 0 aromatic rings. The van der Waals surface area contributed by atoms with Crippen molar-refractivity contribution in [3.05, 3.63) is 166 Å². The van der Waals surface area contributed by atoms with Gasteiger partial charge in [0.1, 0.15) is 0 Å². The van der Waals surface area contributed by atoms with Gasteiger partial charge in [0.15, 0.2) is 0 Å². The van der Waals surface area contributed by atoms with Crippen molar-refractivity contribution in [1.82, 2.24) is 0 Å². The number of hydrogen-bond acceptors (Lipinski definition) is 1. The van der Waals surface area contributed by atoms with Crippen molar-refractivity contribution in [3.63, 3.8) is 0 Å². The van der Waals surface area contributed by atoms with Crippen molar-refractivity contribution < 1.29 is 45.6 Å². The van der Waals surface area contributed by atoms with E-state index in [1.165, 1.54) is 48.3 Å². The molecular formula is C31H29NdO. The number of allylic oxidation sites excluding steroid dienone is 12. The fraction of sp³-hybridized carbons (Fsp3) is 0.129. The maximum Gasteiger partial charge on any atom is 0.0466 e. The van der Waals surface area contributed by atoms with E-state index >= 15 is 0 Å². The average molecular weight is 562 g/mol. The van der Waals surface area contributed by atoms with E-state index < -0.39 is 0 Å². The van der Waals surface area contributed by atoms with Crippen LogP contribution in [-0.2, 0) is 4.74 Å². The maximum absolute atomic E-state index is 4.94. The zero-order valence-electron chi connectivity index (χ0n) is 18.9. The first kappa shape index (κ1) is 27.3. The van der Waals surface area contributed by atoms with E-state index in [1.807, 2.05) is 0 Å². The van der Waals surface area contributed by atoms with E-state index in [0.717, 1.165) is 13.2 Å². The van der Waals surface area contributed by atoms with Gasteiger partial charge >= 0.3 is 0 Å². The standard InChI is InChI=1S/3C9H7.C4H8O.Nd/c3*1-2-5-9-7-3-6-8(9)4-1;1-2-4-5-3-1;/h3*1-7H;1-4H2;. The molecule has 1 nitrogen and oxygen atoms in total. The zero-order valence-corrected chi connectivity index (χ0v) is 22.1. The fourth-order valence-corrected chi connectivity index (χ4v) is 3.72. The van der Waals surface area contributed by atoms with E-state index in [1.54, 1.807) is 0 Å². The Labute approximate surface area is 236 Å². The van der Waals surface area contributed by atoms with Crippen LogP contribution in [0.4, 0.5) is 0 Å². The first-order chi connectivity index (χ1) is 15.9. The summed E-state index contributed by atoms with van der Waals surface area (Å²) in [6, 6.07) is 0. The molecule has 0 aromatic heterocycles. The van der Waals surface area contributed by atoms with E-state index in [0.29, 0.717) is 0 Å². The maximum atomic E-state index is 4.94. The third-order valence-electron chi connectivity index (χ3n) is 5.47. The zero-order chi connectivity index (χ0) is 21.8. The SMILES string of the molecule is C1CCOC1.[CH]1[CH][C]2C=CC=C[C]2[CH]1.[CH]1[CH][C]2C=CC=C[C]2[CH]1.[CH]1[CH][C]2C=CC=C[C]2[CH]1.[Nd]. The van der Waals surface area contributed by atoms with Gasteiger partial charge in [-0.3, -0.25) is 0 Å². The Morgan fingerprint density at radius 3 is 0.818 bits per heavy atom. The van der Waals surface area contributed by atoms with Crippen LogP contribution in [-0.4, -0.2) is 13.2 Å². The summed E-state index contributed by atoms with van der Waals surface area (Å²) in [6.45, 7) is 2.00. The van der Waals surface area contributed by atoms with Gasteiger partial charge in [0.25, 0.3) is 0 Å². The smallest absolute Gasteiger partial charge is 0.0466 e. The third kappa shape index (κ3) is 9.04. The van der Waals surface area contributed by atoms with Crippen LogP contribution in [0, 0.1) is 134 Å². The van der Waals surface area contributed by atoms with Gasteiger partial charge in [-0.25, -0.2) is 0 Å². The summed E-state index contributed by atoms with van der Waals surface area (Å²) in [6.07, 6.45) is 46.6. The van der Waals surface area contributed by atoms with E-state index in [-0.39, 0.29) is 40.8 Å². The Morgan fingerprint density at radius 2 is 0.636 bits per heavy atom. The fourth-order valence-electron chi connectivity index (χ4n) is 3.72. The van der Waals surface area contributed by atoms with Crippen LogP contribution in [0.1, 0.15) is 12.8 Å². The van der Waals surface area contributed by atoms with Gasteiger partial charge < -0.3 is 4.74 Å². The molecule has 3 saturated carbocycles. The molecule has 1 saturated heterocycles. The molecule has 0 aromatic carbocycles. The molecule has 0 unspecified atom stereocenters. The Morgan fingerprint density at radius 1 is 0.394 bits per heavy atom. The van der Waals surface area contributed by atoms with Crippen molar-refractivity contribution in [2.24, 2.45) is 0 Å². The van der Waals surface area contributed by atoms with Gasteiger partial charge in [-0.15, -0.1) is 0 Å². The minimum Gasteiger partial charge on any atom is -0.381 e. The van der Waals surface area contributed by atoms with Gasteiger partial charge in [-0.1, -0.05) is 72.9 Å². The molecule has 0 spiro atoms. The summed E-state index contributed by atoms with van der Waals surface area (Å²) < 4.78 is 4.94. The molecule has 6 aliphatic carbocycles. The van der Waals surface area contributed by atoms with E-state index in [4.69, 9.17) is 4.74 Å². The summed E-state index contributed by atoms with van der Waals surface area (Å²) in [5.74, 6) is 7.99. The van der Waals surface area contributed by atoms with Gasteiger partial charge in [-0.2, -0.15) is 0 Å². The molecule has 7 aliphatic rings. The molecule has 33 heavy (non-hydrogen) atoms. The van der Waals surface area contributed by atoms with Gasteiger partial charge in [0.2, 0.25) is 0 Å². The summed E-state index contributed by atoms with van der Waals surface area (Å²) in [7, 11) is 0. The second-order valence-electron chi connectivity index (χ2n) is 7.78. The monoisotopic (exact) mass is 559 g/mol. The third-order valence-corrected chi connectivity index (χ3v) is 5.47. The second-order valence-corrected chi connectivity index (χ2v) is 7.78. The Balaban J connectivity index is 0.000000125. The number of hydrogen-bond donors (Lipinski definition) is 0. The topological polar surface area (TPSA) is 9.23 Å². The Kier molecular flexibility index (Phi) is 13.0. The normalized spacial score (nSPS) is 25.8. The average Bonchev–Trinajstić information content (AvgIpc) is 3.67. The van der Waals surface area contributed by atoms with Crippen molar-refractivity contribution in [1.29, 1.82) is 0 Å². The summed E-state index contributed by atoms with van der Waals surface area (Å²) in [5.41, 5.74) is 0. The number of ether oxygens (including phenoxy) is 1. The van der Waals surface area contributed by atoms with E-state index in [2.05, 4.69) is 131 Å². The quantitative estimate of drug-likeness (QED) is 0.330. The molecule has 1 heterocycles. The molecule has 1 aliphatic heterocycles. The van der Waals surface area contributed by atoms with Crippen molar-refractivity contribution in [3.8, 4) is 0 Å². The largest absolute Gasteiger partial charge is 0.381 e. The van der Waals surface area contributed by atoms with Crippen LogP contribution in [0.2, 0.25) is 0 Å². The van der Waals surface area contributed by atoms with Crippen LogP contribution in [0.3, 0.4) is 0 Å². The van der Waals surface area contributed by atoms with Gasteiger partial charge in [0.05, 0.1) is 0 Å². The van der Waals surface area contributed by atoms with Crippen LogP contribution < -0.4 is 0 Å². The summed E-state index contributed by atoms with van der Waals surface area (Å²) >= 11 is 0. The molecular weight excluding hydrogens is 533 g/mol. The summed E-state index contributed by atoms with van der Waals surface area (Å²) in [4.78, 5) is 0. The molecule has 163 valence electrons. The minimum absolute atomic E-state index is 0. The molecule has 0 amide bonds. The van der Waals surface area contributed by atoms with Crippen LogP contribution >= 0.6 is 0 Å². The van der Waals surface area contributed by atoms with Crippen molar-refractivity contribution >= 4 is 0 Å². The first-order valence-corrected chi connectivity index (χ1v) is 11.3. The van der Waals surface area contributed by atoms with Crippen LogP contribution in [0.5, 0.6) is 0 Å².